The molecule has 1 saturated carbocycles. The minimum absolute atomic E-state index is 0. The summed E-state index contributed by atoms with van der Waals surface area (Å²) < 4.78 is 0. The van der Waals surface area contributed by atoms with E-state index in [-0.39, 0.29) is 36.8 Å². The van der Waals surface area contributed by atoms with Crippen LogP contribution in [0, 0.1) is 5.92 Å². The van der Waals surface area contributed by atoms with Crippen molar-refractivity contribution in [2.75, 3.05) is 24.7 Å². The number of carbonyl (C=O) groups is 2. The summed E-state index contributed by atoms with van der Waals surface area (Å²) in [6, 6.07) is 0.196. The van der Waals surface area contributed by atoms with E-state index >= 15 is 0 Å². The van der Waals surface area contributed by atoms with Gasteiger partial charge >= 0.3 is 0 Å². The van der Waals surface area contributed by atoms with Crippen LogP contribution in [0.15, 0.2) is 0 Å². The zero-order valence-corrected chi connectivity index (χ0v) is 12.6. The summed E-state index contributed by atoms with van der Waals surface area (Å²) in [5.41, 5.74) is 5.74. The van der Waals surface area contributed by atoms with E-state index in [1.807, 2.05) is 0 Å². The Morgan fingerprint density at radius 2 is 2.16 bits per heavy atom. The van der Waals surface area contributed by atoms with Gasteiger partial charge in [0, 0.05) is 6.04 Å². The molecule has 2 rings (SSSR count). The summed E-state index contributed by atoms with van der Waals surface area (Å²) in [5, 5.41) is 3.05. The van der Waals surface area contributed by atoms with Crippen LogP contribution in [-0.4, -0.2) is 47.5 Å². The Balaban J connectivity index is 0.00000180. The van der Waals surface area contributed by atoms with Crippen molar-refractivity contribution in [2.45, 2.75) is 31.7 Å². The molecule has 2 fully saturated rings. The standard InChI is InChI=1S/C12H21N3O2S.ClH/c13-5-9-3-1-2-4-10(9)14-11(16)6-15-8-18-7-12(15)17;/h9-10H,1-8,13H2,(H,14,16);1H. The maximum Gasteiger partial charge on any atom is 0.239 e. The maximum atomic E-state index is 11.9. The number of carbonyl (C=O) groups excluding carboxylic acids is 2. The third kappa shape index (κ3) is 4.54. The van der Waals surface area contributed by atoms with Crippen molar-refractivity contribution in [3.63, 3.8) is 0 Å². The van der Waals surface area contributed by atoms with Crippen LogP contribution in [-0.2, 0) is 9.59 Å². The van der Waals surface area contributed by atoms with E-state index in [1.54, 1.807) is 16.7 Å². The summed E-state index contributed by atoms with van der Waals surface area (Å²) in [6.07, 6.45) is 4.46. The molecule has 1 aliphatic carbocycles. The molecule has 0 aromatic carbocycles. The van der Waals surface area contributed by atoms with E-state index in [0.29, 0.717) is 24.1 Å². The first-order valence-corrected chi connectivity index (χ1v) is 7.71. The second kappa shape index (κ2) is 7.97. The Kier molecular flexibility index (Phi) is 6.96. The van der Waals surface area contributed by atoms with Crippen LogP contribution in [0.25, 0.3) is 0 Å². The lowest BCUT2D eigenvalue weighted by molar-refractivity contribution is -0.132. The minimum Gasteiger partial charge on any atom is -0.352 e. The third-order valence-electron chi connectivity index (χ3n) is 3.72. The first-order chi connectivity index (χ1) is 8.70. The summed E-state index contributed by atoms with van der Waals surface area (Å²) in [4.78, 5) is 25.0. The molecule has 1 heterocycles. The molecule has 0 spiro atoms. The lowest BCUT2D eigenvalue weighted by atomic mass is 9.84. The molecule has 110 valence electrons. The van der Waals surface area contributed by atoms with Gasteiger partial charge in [-0.2, -0.15) is 0 Å². The number of halogens is 1. The number of hydrogen-bond acceptors (Lipinski definition) is 4. The molecule has 2 amide bonds. The van der Waals surface area contributed by atoms with Crippen molar-refractivity contribution in [3.05, 3.63) is 0 Å². The topological polar surface area (TPSA) is 75.4 Å². The molecule has 1 aliphatic heterocycles. The van der Waals surface area contributed by atoms with Crippen molar-refractivity contribution in [1.29, 1.82) is 0 Å². The van der Waals surface area contributed by atoms with Crippen molar-refractivity contribution in [1.82, 2.24) is 10.2 Å². The smallest absolute Gasteiger partial charge is 0.239 e. The van der Waals surface area contributed by atoms with Crippen LogP contribution in [0.1, 0.15) is 25.7 Å². The van der Waals surface area contributed by atoms with Crippen LogP contribution < -0.4 is 11.1 Å². The third-order valence-corrected chi connectivity index (χ3v) is 4.66. The number of hydrogen-bond donors (Lipinski definition) is 2. The monoisotopic (exact) mass is 307 g/mol. The van der Waals surface area contributed by atoms with Gasteiger partial charge in [0.2, 0.25) is 11.8 Å². The highest BCUT2D eigenvalue weighted by molar-refractivity contribution is 8.00. The number of nitrogens with one attached hydrogen (secondary N) is 1. The summed E-state index contributed by atoms with van der Waals surface area (Å²) in [7, 11) is 0. The van der Waals surface area contributed by atoms with Crippen molar-refractivity contribution in [3.8, 4) is 0 Å². The average Bonchev–Trinajstić information content (AvgIpc) is 2.75. The normalized spacial score (nSPS) is 27.0. The van der Waals surface area contributed by atoms with Gasteiger partial charge in [-0.1, -0.05) is 12.8 Å². The highest BCUT2D eigenvalue weighted by atomic mass is 35.5. The zero-order chi connectivity index (χ0) is 13.0. The molecule has 1 saturated heterocycles. The van der Waals surface area contributed by atoms with Gasteiger partial charge in [-0.25, -0.2) is 0 Å². The Hall–Kier alpha value is -0.460. The molecule has 0 bridgehead atoms. The molecule has 5 nitrogen and oxygen atoms in total. The van der Waals surface area contributed by atoms with Crippen LogP contribution >= 0.6 is 24.2 Å². The maximum absolute atomic E-state index is 11.9. The lowest BCUT2D eigenvalue weighted by Gasteiger charge is -2.31. The van der Waals surface area contributed by atoms with Gasteiger partial charge in [-0.05, 0) is 25.3 Å². The fourth-order valence-corrected chi connectivity index (χ4v) is 3.55. The van der Waals surface area contributed by atoms with Crippen LogP contribution in [0.4, 0.5) is 0 Å². The van der Waals surface area contributed by atoms with Crippen LogP contribution in [0.2, 0.25) is 0 Å². The number of amides is 2. The quantitative estimate of drug-likeness (QED) is 0.796. The summed E-state index contributed by atoms with van der Waals surface area (Å²) in [5.74, 6) is 1.55. The van der Waals surface area contributed by atoms with E-state index in [1.165, 1.54) is 6.42 Å². The van der Waals surface area contributed by atoms with Crippen LogP contribution in [0.3, 0.4) is 0 Å². The molecule has 19 heavy (non-hydrogen) atoms. The Morgan fingerprint density at radius 3 is 2.79 bits per heavy atom. The predicted molar refractivity (Wildman–Crippen MR) is 79.2 cm³/mol. The second-order valence-electron chi connectivity index (χ2n) is 5.02. The number of nitrogens with two attached hydrogens (primary N) is 1. The molecular formula is C12H22ClN3O2S. The summed E-state index contributed by atoms with van der Waals surface area (Å²) >= 11 is 1.56. The Labute approximate surface area is 124 Å². The highest BCUT2D eigenvalue weighted by Gasteiger charge is 2.27. The first kappa shape index (κ1) is 16.6. The molecule has 2 atom stereocenters. The van der Waals surface area contributed by atoms with E-state index in [9.17, 15) is 9.59 Å². The van der Waals surface area contributed by atoms with E-state index in [0.717, 1.165) is 19.3 Å². The molecule has 3 N–H and O–H groups in total. The van der Waals surface area contributed by atoms with Gasteiger partial charge in [-0.15, -0.1) is 24.2 Å². The first-order valence-electron chi connectivity index (χ1n) is 6.55. The summed E-state index contributed by atoms with van der Waals surface area (Å²) in [6.45, 7) is 0.822. The Bertz CT molecular complexity index is 330. The zero-order valence-electron chi connectivity index (χ0n) is 11.0. The van der Waals surface area contributed by atoms with Gasteiger partial charge in [0.15, 0.2) is 0 Å². The fourth-order valence-electron chi connectivity index (χ4n) is 2.65. The molecule has 2 aliphatic rings. The molecular weight excluding hydrogens is 286 g/mol. The highest BCUT2D eigenvalue weighted by Crippen LogP contribution is 2.23. The van der Waals surface area contributed by atoms with Crippen LogP contribution in [0.5, 0.6) is 0 Å². The van der Waals surface area contributed by atoms with Crippen molar-refractivity contribution < 1.29 is 9.59 Å². The van der Waals surface area contributed by atoms with Crippen molar-refractivity contribution >= 4 is 36.0 Å². The fraction of sp³-hybridized carbons (Fsp3) is 0.833. The Morgan fingerprint density at radius 1 is 1.42 bits per heavy atom. The molecule has 2 unspecified atom stereocenters. The number of rotatable bonds is 4. The SMILES string of the molecule is Cl.NCC1CCCCC1NC(=O)CN1CSCC1=O. The van der Waals surface area contributed by atoms with Gasteiger partial charge in [0.1, 0.15) is 6.54 Å². The largest absolute Gasteiger partial charge is 0.352 e. The molecule has 7 heteroatoms. The van der Waals surface area contributed by atoms with E-state index in [4.69, 9.17) is 5.73 Å². The number of nitrogens with zero attached hydrogens (tertiary/aromatic N) is 1. The molecule has 0 aromatic rings. The number of thioether (sulfide) groups is 1. The van der Waals surface area contributed by atoms with E-state index in [2.05, 4.69) is 5.32 Å². The second-order valence-corrected chi connectivity index (χ2v) is 5.98. The van der Waals surface area contributed by atoms with Gasteiger partial charge in [0.25, 0.3) is 0 Å². The van der Waals surface area contributed by atoms with Gasteiger partial charge < -0.3 is 16.0 Å². The minimum atomic E-state index is -0.0452. The average molecular weight is 308 g/mol. The van der Waals surface area contributed by atoms with Gasteiger partial charge in [-0.3, -0.25) is 9.59 Å². The van der Waals surface area contributed by atoms with Gasteiger partial charge in [0.05, 0.1) is 11.6 Å². The predicted octanol–water partition coefficient (Wildman–Crippen LogP) is 0.575. The molecule has 0 aromatic heterocycles. The van der Waals surface area contributed by atoms with Crippen molar-refractivity contribution in [2.24, 2.45) is 11.7 Å². The molecule has 0 radical (unpaired) electrons. The van der Waals surface area contributed by atoms with E-state index < -0.39 is 0 Å². The lowest BCUT2D eigenvalue weighted by Crippen LogP contribution is -2.48.